The average molecular weight is 421 g/mol. The lowest BCUT2D eigenvalue weighted by atomic mass is 9.89. The molecule has 1 saturated heterocycles. The van der Waals surface area contributed by atoms with Crippen LogP contribution < -0.4 is 5.73 Å². The molecular weight excluding hydrogens is 400 g/mol. The molecule has 1 fully saturated rings. The Kier molecular flexibility index (Phi) is 6.09. The van der Waals surface area contributed by atoms with E-state index in [9.17, 15) is 8.42 Å². The number of nitrogens with zero attached hydrogens (tertiary/aromatic N) is 5. The first-order valence-corrected chi connectivity index (χ1v) is 10.1. The van der Waals surface area contributed by atoms with Gasteiger partial charge in [0.25, 0.3) is 0 Å². The Morgan fingerprint density at radius 3 is 2.36 bits per heavy atom. The Morgan fingerprint density at radius 2 is 1.75 bits per heavy atom. The van der Waals surface area contributed by atoms with Crippen LogP contribution in [0.2, 0.25) is 0 Å². The molecule has 2 N–H and O–H groups in total. The van der Waals surface area contributed by atoms with E-state index in [1.54, 1.807) is 24.3 Å². The van der Waals surface area contributed by atoms with Crippen molar-refractivity contribution in [3.63, 3.8) is 0 Å². The maximum absolute atomic E-state index is 13.1. The summed E-state index contributed by atoms with van der Waals surface area (Å²) in [6, 6.07) is 16.5. The second-order valence-corrected chi connectivity index (χ2v) is 8.52. The summed E-state index contributed by atoms with van der Waals surface area (Å²) >= 11 is 0. The summed E-state index contributed by atoms with van der Waals surface area (Å²) in [5.41, 5.74) is 7.76. The van der Waals surface area contributed by atoms with Gasteiger partial charge in [-0.2, -0.15) is 4.31 Å². The first kappa shape index (κ1) is 20.4. The van der Waals surface area contributed by atoms with E-state index in [1.807, 2.05) is 30.3 Å². The van der Waals surface area contributed by atoms with Gasteiger partial charge in [-0.3, -0.25) is 0 Å². The molecule has 0 spiro atoms. The number of hydrogen-bond acceptors (Lipinski definition) is 6. The zero-order valence-electron chi connectivity index (χ0n) is 15.0. The van der Waals surface area contributed by atoms with Crippen LogP contribution in [0.1, 0.15) is 11.5 Å². The molecule has 1 aliphatic heterocycles. The molecule has 2 atom stereocenters. The number of benzene rings is 2. The number of aromatic nitrogens is 4. The predicted octanol–water partition coefficient (Wildman–Crippen LogP) is 1.45. The van der Waals surface area contributed by atoms with Gasteiger partial charge < -0.3 is 5.73 Å². The highest BCUT2D eigenvalue weighted by atomic mass is 35.5. The van der Waals surface area contributed by atoms with Crippen LogP contribution >= 0.6 is 12.4 Å². The molecule has 8 nitrogen and oxygen atoms in total. The molecular formula is C18H21ClN6O2S. The van der Waals surface area contributed by atoms with E-state index >= 15 is 0 Å². The number of tetrazole rings is 1. The van der Waals surface area contributed by atoms with E-state index in [1.165, 1.54) is 15.3 Å². The summed E-state index contributed by atoms with van der Waals surface area (Å²) in [6.07, 6.45) is 1.46. The van der Waals surface area contributed by atoms with Crippen molar-refractivity contribution in [2.45, 2.75) is 10.8 Å². The molecule has 0 radical (unpaired) electrons. The fraction of sp³-hybridized carbons (Fsp3) is 0.278. The fourth-order valence-electron chi connectivity index (χ4n) is 3.54. The second kappa shape index (κ2) is 8.36. The highest BCUT2D eigenvalue weighted by Gasteiger charge is 2.39. The van der Waals surface area contributed by atoms with Crippen molar-refractivity contribution >= 4 is 22.4 Å². The van der Waals surface area contributed by atoms with E-state index in [0.717, 1.165) is 5.56 Å². The summed E-state index contributed by atoms with van der Waals surface area (Å²) in [5.74, 6) is 0.203. The Morgan fingerprint density at radius 1 is 1.04 bits per heavy atom. The zero-order chi connectivity index (χ0) is 18.9. The van der Waals surface area contributed by atoms with E-state index in [-0.39, 0.29) is 29.1 Å². The Hall–Kier alpha value is -2.33. The summed E-state index contributed by atoms with van der Waals surface area (Å²) in [4.78, 5) is 0.254. The van der Waals surface area contributed by atoms with Gasteiger partial charge in [0, 0.05) is 19.0 Å². The lowest BCUT2D eigenvalue weighted by molar-refractivity contribution is 0.459. The smallest absolute Gasteiger partial charge is 0.243 e. The van der Waals surface area contributed by atoms with Crippen LogP contribution in [0.3, 0.4) is 0 Å². The van der Waals surface area contributed by atoms with E-state index in [4.69, 9.17) is 5.73 Å². The summed E-state index contributed by atoms with van der Waals surface area (Å²) in [7, 11) is -3.59. The van der Waals surface area contributed by atoms with E-state index in [2.05, 4.69) is 15.5 Å². The van der Waals surface area contributed by atoms with Crippen molar-refractivity contribution in [3.8, 4) is 5.69 Å². The van der Waals surface area contributed by atoms with Crippen molar-refractivity contribution in [3.05, 3.63) is 66.5 Å². The summed E-state index contributed by atoms with van der Waals surface area (Å²) in [6.45, 7) is 1.31. The van der Waals surface area contributed by atoms with Gasteiger partial charge in [-0.1, -0.05) is 30.3 Å². The molecule has 4 rings (SSSR count). The van der Waals surface area contributed by atoms with Gasteiger partial charge in [0.15, 0.2) is 0 Å². The molecule has 10 heteroatoms. The topological polar surface area (TPSA) is 107 Å². The lowest BCUT2D eigenvalue weighted by Crippen LogP contribution is -2.30. The van der Waals surface area contributed by atoms with Gasteiger partial charge >= 0.3 is 0 Å². The minimum atomic E-state index is -3.59. The fourth-order valence-corrected chi connectivity index (χ4v) is 5.07. The van der Waals surface area contributed by atoms with Crippen LogP contribution in [0, 0.1) is 5.92 Å². The first-order valence-electron chi connectivity index (χ1n) is 8.68. The Balaban J connectivity index is 0.00000225. The van der Waals surface area contributed by atoms with Gasteiger partial charge in [0.2, 0.25) is 10.0 Å². The van der Waals surface area contributed by atoms with Crippen LogP contribution in [-0.4, -0.2) is 52.6 Å². The van der Waals surface area contributed by atoms with Crippen molar-refractivity contribution in [2.75, 3.05) is 19.6 Å². The van der Waals surface area contributed by atoms with Crippen molar-refractivity contribution in [1.82, 2.24) is 24.5 Å². The van der Waals surface area contributed by atoms with Gasteiger partial charge in [-0.25, -0.2) is 13.1 Å². The zero-order valence-corrected chi connectivity index (χ0v) is 16.6. The maximum Gasteiger partial charge on any atom is 0.243 e. The molecule has 28 heavy (non-hydrogen) atoms. The van der Waals surface area contributed by atoms with Crippen molar-refractivity contribution in [1.29, 1.82) is 0 Å². The van der Waals surface area contributed by atoms with E-state index < -0.39 is 10.0 Å². The molecule has 0 bridgehead atoms. The molecule has 0 unspecified atom stereocenters. The average Bonchev–Trinajstić information content (AvgIpc) is 3.39. The predicted molar refractivity (Wildman–Crippen MR) is 107 cm³/mol. The number of halogens is 1. The lowest BCUT2D eigenvalue weighted by Gasteiger charge is -2.17. The molecule has 2 aromatic carbocycles. The summed E-state index contributed by atoms with van der Waals surface area (Å²) < 4.78 is 29.2. The van der Waals surface area contributed by atoms with Crippen molar-refractivity contribution in [2.24, 2.45) is 11.7 Å². The molecule has 0 amide bonds. The molecule has 0 aliphatic carbocycles. The third-order valence-corrected chi connectivity index (χ3v) is 6.87. The Bertz CT molecular complexity index is 996. The normalized spacial score (nSPS) is 20.0. The third-order valence-electron chi connectivity index (χ3n) is 5.03. The SMILES string of the molecule is Cl.NC[C@@H]1CN(S(=O)(=O)c2ccc(-n3cnnn3)cc2)C[C@H]1c1ccccc1. The molecule has 0 saturated carbocycles. The number of sulfonamides is 1. The van der Waals surface area contributed by atoms with Crippen molar-refractivity contribution < 1.29 is 8.42 Å². The Labute approximate surface area is 169 Å². The standard InChI is InChI=1S/C18H20N6O2S.ClH/c19-10-15-11-23(12-18(15)14-4-2-1-3-5-14)27(25,26)17-8-6-16(7-9-17)24-13-20-21-22-24;/h1-9,13,15,18H,10-12,19H2;1H/t15-,18+;/m1./s1. The number of nitrogens with two attached hydrogens (primary N) is 1. The largest absolute Gasteiger partial charge is 0.330 e. The minimum absolute atomic E-state index is 0. The van der Waals surface area contributed by atoms with Gasteiger partial charge in [0.05, 0.1) is 10.6 Å². The number of hydrogen-bond donors (Lipinski definition) is 1. The van der Waals surface area contributed by atoms with Gasteiger partial charge in [-0.15, -0.1) is 17.5 Å². The quantitative estimate of drug-likeness (QED) is 0.669. The van der Waals surface area contributed by atoms with Crippen LogP contribution in [0.4, 0.5) is 0 Å². The van der Waals surface area contributed by atoms with Crippen LogP contribution in [0.5, 0.6) is 0 Å². The van der Waals surface area contributed by atoms with Gasteiger partial charge in [0.1, 0.15) is 6.33 Å². The van der Waals surface area contributed by atoms with Gasteiger partial charge in [-0.05, 0) is 52.7 Å². The third kappa shape index (κ3) is 3.79. The van der Waals surface area contributed by atoms with Crippen LogP contribution in [0.15, 0.2) is 65.8 Å². The minimum Gasteiger partial charge on any atom is -0.330 e. The molecule has 2 heterocycles. The highest BCUT2D eigenvalue weighted by Crippen LogP contribution is 2.35. The monoisotopic (exact) mass is 420 g/mol. The van der Waals surface area contributed by atoms with Crippen LogP contribution in [0.25, 0.3) is 5.69 Å². The van der Waals surface area contributed by atoms with E-state index in [0.29, 0.717) is 25.3 Å². The highest BCUT2D eigenvalue weighted by molar-refractivity contribution is 7.89. The number of rotatable bonds is 5. The maximum atomic E-state index is 13.1. The molecule has 1 aromatic heterocycles. The molecule has 148 valence electrons. The molecule has 1 aliphatic rings. The van der Waals surface area contributed by atoms with Crippen LogP contribution in [-0.2, 0) is 10.0 Å². The molecule has 3 aromatic rings. The second-order valence-electron chi connectivity index (χ2n) is 6.58. The first-order chi connectivity index (χ1) is 13.1. The summed E-state index contributed by atoms with van der Waals surface area (Å²) in [5, 5.41) is 11.0.